The van der Waals surface area contributed by atoms with Gasteiger partial charge < -0.3 is 5.32 Å². The molecule has 7 heteroatoms. The molecular formula is C21H23ClN2O3S. The second-order valence-corrected chi connectivity index (χ2v) is 9.91. The van der Waals surface area contributed by atoms with Crippen LogP contribution in [0.25, 0.3) is 0 Å². The normalized spacial score (nSPS) is 19.2. The van der Waals surface area contributed by atoms with Gasteiger partial charge in [-0.15, -0.1) is 0 Å². The molecule has 1 saturated heterocycles. The molecule has 1 heterocycles. The number of nitrogens with zero attached hydrogens (tertiary/aromatic N) is 1. The zero-order valence-corrected chi connectivity index (χ0v) is 17.1. The summed E-state index contributed by atoms with van der Waals surface area (Å²) < 4.78 is 27.3. The zero-order chi connectivity index (χ0) is 19.8. The quantitative estimate of drug-likeness (QED) is 0.791. The van der Waals surface area contributed by atoms with Gasteiger partial charge in [0, 0.05) is 23.8 Å². The third-order valence-corrected chi connectivity index (χ3v) is 7.77. The van der Waals surface area contributed by atoms with Crippen molar-refractivity contribution in [3.8, 4) is 0 Å². The highest BCUT2D eigenvalue weighted by Gasteiger charge is 2.51. The molecule has 2 aliphatic rings. The lowest BCUT2D eigenvalue weighted by atomic mass is 9.95. The summed E-state index contributed by atoms with van der Waals surface area (Å²) in [5, 5.41) is 3.55. The molecule has 4 rings (SSSR count). The van der Waals surface area contributed by atoms with E-state index in [2.05, 4.69) is 5.32 Å². The number of anilines is 1. The van der Waals surface area contributed by atoms with Gasteiger partial charge in [0.2, 0.25) is 15.9 Å². The fourth-order valence-corrected chi connectivity index (χ4v) is 5.47. The Hall–Kier alpha value is -1.89. The van der Waals surface area contributed by atoms with Gasteiger partial charge in [-0.05, 0) is 61.6 Å². The zero-order valence-electron chi connectivity index (χ0n) is 15.5. The molecule has 1 aliphatic carbocycles. The minimum Gasteiger partial charge on any atom is -0.325 e. The van der Waals surface area contributed by atoms with Gasteiger partial charge in [0.15, 0.2) is 0 Å². The van der Waals surface area contributed by atoms with Crippen LogP contribution in [0.3, 0.4) is 0 Å². The number of sulfonamides is 1. The minimum absolute atomic E-state index is 0.109. The van der Waals surface area contributed by atoms with E-state index in [1.54, 1.807) is 36.4 Å². The van der Waals surface area contributed by atoms with Crippen LogP contribution >= 0.6 is 11.6 Å². The number of hydrogen-bond donors (Lipinski definition) is 1. The van der Waals surface area contributed by atoms with Gasteiger partial charge in [0.05, 0.1) is 10.3 Å². The van der Waals surface area contributed by atoms with Crippen molar-refractivity contribution in [3.63, 3.8) is 0 Å². The summed E-state index contributed by atoms with van der Waals surface area (Å²) in [6, 6.07) is 13.9. The molecule has 148 valence electrons. The van der Waals surface area contributed by atoms with E-state index in [9.17, 15) is 13.2 Å². The lowest BCUT2D eigenvalue weighted by molar-refractivity contribution is -0.118. The van der Waals surface area contributed by atoms with Crippen LogP contribution in [0.4, 0.5) is 5.69 Å². The number of carbonyl (C=O) groups excluding carboxylic acids is 1. The first kappa shape index (κ1) is 19.4. The molecule has 1 N–H and O–H groups in total. The average Bonchev–Trinajstić information content (AvgIpc) is 3.51. The van der Waals surface area contributed by atoms with Crippen LogP contribution in [0.1, 0.15) is 37.7 Å². The van der Waals surface area contributed by atoms with E-state index >= 15 is 0 Å². The Morgan fingerprint density at radius 1 is 1.00 bits per heavy atom. The summed E-state index contributed by atoms with van der Waals surface area (Å²) in [6.45, 7) is 1.11. The van der Waals surface area contributed by atoms with E-state index in [1.165, 1.54) is 4.31 Å². The van der Waals surface area contributed by atoms with Crippen LogP contribution in [-0.4, -0.2) is 31.7 Å². The largest absolute Gasteiger partial charge is 0.325 e. The SMILES string of the molecule is O=C(Nc1cccc(S(=O)(=O)N2CCCCC2)c1)C1(c2ccc(Cl)cc2)CC1. The van der Waals surface area contributed by atoms with Crippen molar-refractivity contribution >= 4 is 33.2 Å². The van der Waals surface area contributed by atoms with Gasteiger partial charge in [-0.2, -0.15) is 4.31 Å². The number of benzene rings is 2. The molecule has 1 saturated carbocycles. The van der Waals surface area contributed by atoms with Crippen LogP contribution in [0, 0.1) is 0 Å². The summed E-state index contributed by atoms with van der Waals surface area (Å²) in [5.74, 6) is -0.109. The fourth-order valence-electron chi connectivity index (χ4n) is 3.78. The maximum atomic E-state index is 12.9. The number of piperidine rings is 1. The first-order valence-corrected chi connectivity index (χ1v) is 11.4. The standard InChI is InChI=1S/C21H23ClN2O3S/c22-17-9-7-16(8-10-17)21(11-12-21)20(25)23-18-5-4-6-19(15-18)28(26,27)24-13-2-1-3-14-24/h4-10,15H,1-3,11-14H2,(H,23,25). The smallest absolute Gasteiger partial charge is 0.243 e. The molecule has 2 fully saturated rings. The third-order valence-electron chi connectivity index (χ3n) is 5.63. The lowest BCUT2D eigenvalue weighted by Gasteiger charge is -2.26. The number of amides is 1. The van der Waals surface area contributed by atoms with Crippen LogP contribution in [-0.2, 0) is 20.2 Å². The van der Waals surface area contributed by atoms with E-state index in [0.29, 0.717) is 23.8 Å². The minimum atomic E-state index is -3.53. The Labute approximate surface area is 170 Å². The summed E-state index contributed by atoms with van der Waals surface area (Å²) in [5.41, 5.74) is 0.890. The van der Waals surface area contributed by atoms with Gasteiger partial charge >= 0.3 is 0 Å². The molecular weight excluding hydrogens is 396 g/mol. The van der Waals surface area contributed by atoms with Gasteiger partial charge in [-0.3, -0.25) is 4.79 Å². The first-order chi connectivity index (χ1) is 13.4. The molecule has 1 amide bonds. The summed E-state index contributed by atoms with van der Waals surface area (Å²) in [6.07, 6.45) is 4.38. The predicted octanol–water partition coefficient (Wildman–Crippen LogP) is 4.18. The lowest BCUT2D eigenvalue weighted by Crippen LogP contribution is -2.35. The second kappa shape index (κ2) is 7.50. The summed E-state index contributed by atoms with van der Waals surface area (Å²) in [4.78, 5) is 13.2. The molecule has 0 bridgehead atoms. The molecule has 1 aliphatic heterocycles. The van der Waals surface area contributed by atoms with Crippen molar-refractivity contribution < 1.29 is 13.2 Å². The van der Waals surface area contributed by atoms with Crippen LogP contribution in [0.2, 0.25) is 5.02 Å². The Bertz CT molecular complexity index is 979. The van der Waals surface area contributed by atoms with Crippen LogP contribution < -0.4 is 5.32 Å². The van der Waals surface area contributed by atoms with Crippen molar-refractivity contribution in [1.29, 1.82) is 0 Å². The van der Waals surface area contributed by atoms with Crippen molar-refractivity contribution in [2.45, 2.75) is 42.4 Å². The predicted molar refractivity (Wildman–Crippen MR) is 110 cm³/mol. The molecule has 0 unspecified atom stereocenters. The molecule has 28 heavy (non-hydrogen) atoms. The number of halogens is 1. The van der Waals surface area contributed by atoms with Gasteiger partial charge in [0.25, 0.3) is 0 Å². The highest BCUT2D eigenvalue weighted by atomic mass is 35.5. The van der Waals surface area contributed by atoms with E-state index in [4.69, 9.17) is 11.6 Å². The third kappa shape index (κ3) is 3.69. The first-order valence-electron chi connectivity index (χ1n) is 9.60. The molecule has 0 radical (unpaired) electrons. The second-order valence-electron chi connectivity index (χ2n) is 7.54. The van der Waals surface area contributed by atoms with Crippen molar-refractivity contribution in [3.05, 3.63) is 59.1 Å². The van der Waals surface area contributed by atoms with Crippen molar-refractivity contribution in [2.75, 3.05) is 18.4 Å². The van der Waals surface area contributed by atoms with Gasteiger partial charge in [0.1, 0.15) is 0 Å². The number of rotatable bonds is 5. The number of hydrogen-bond acceptors (Lipinski definition) is 3. The van der Waals surface area contributed by atoms with Gasteiger partial charge in [-0.25, -0.2) is 8.42 Å². The molecule has 2 aromatic rings. The number of carbonyl (C=O) groups is 1. The van der Waals surface area contributed by atoms with Crippen LogP contribution in [0.5, 0.6) is 0 Å². The Balaban J connectivity index is 1.54. The summed E-state index contributed by atoms with van der Waals surface area (Å²) >= 11 is 5.95. The molecule has 0 aromatic heterocycles. The van der Waals surface area contributed by atoms with E-state index in [0.717, 1.165) is 37.7 Å². The van der Waals surface area contributed by atoms with Crippen molar-refractivity contribution in [1.82, 2.24) is 4.31 Å². The van der Waals surface area contributed by atoms with Gasteiger partial charge in [-0.1, -0.05) is 36.2 Å². The molecule has 0 spiro atoms. The molecule has 5 nitrogen and oxygen atoms in total. The summed E-state index contributed by atoms with van der Waals surface area (Å²) in [7, 11) is -3.53. The molecule has 0 atom stereocenters. The Kier molecular flexibility index (Phi) is 5.21. The highest BCUT2D eigenvalue weighted by molar-refractivity contribution is 7.89. The van der Waals surface area contributed by atoms with E-state index < -0.39 is 15.4 Å². The Morgan fingerprint density at radius 2 is 1.68 bits per heavy atom. The monoisotopic (exact) mass is 418 g/mol. The Morgan fingerprint density at radius 3 is 2.32 bits per heavy atom. The van der Waals surface area contributed by atoms with E-state index in [-0.39, 0.29) is 10.8 Å². The fraction of sp³-hybridized carbons (Fsp3) is 0.381. The average molecular weight is 419 g/mol. The topological polar surface area (TPSA) is 66.5 Å². The maximum Gasteiger partial charge on any atom is 0.243 e. The number of nitrogens with one attached hydrogen (secondary N) is 1. The van der Waals surface area contributed by atoms with E-state index in [1.807, 2.05) is 12.1 Å². The van der Waals surface area contributed by atoms with Crippen molar-refractivity contribution in [2.24, 2.45) is 0 Å². The highest BCUT2D eigenvalue weighted by Crippen LogP contribution is 2.49. The van der Waals surface area contributed by atoms with Crippen LogP contribution in [0.15, 0.2) is 53.4 Å². The maximum absolute atomic E-state index is 12.9. The molecule has 2 aromatic carbocycles.